The molecule has 0 saturated carbocycles. The molecule has 2 aliphatic heterocycles. The van der Waals surface area contributed by atoms with Crippen molar-refractivity contribution in [1.82, 2.24) is 16.0 Å². The second kappa shape index (κ2) is 7.96. The molecule has 1 aromatic heterocycles. The highest BCUT2D eigenvalue weighted by atomic mass is 32.2. The summed E-state index contributed by atoms with van der Waals surface area (Å²) in [6.45, 7) is 1.99. The third-order valence-electron chi connectivity index (χ3n) is 4.58. The van der Waals surface area contributed by atoms with Gasteiger partial charge < -0.3 is 20.4 Å². The maximum atomic E-state index is 12.0. The van der Waals surface area contributed by atoms with Crippen molar-refractivity contribution in [2.75, 3.05) is 5.75 Å². The largest absolute Gasteiger partial charge is 0.469 e. The lowest BCUT2D eigenvalue weighted by Crippen LogP contribution is -2.36. The Balaban J connectivity index is 1.29. The van der Waals surface area contributed by atoms with E-state index in [0.717, 1.165) is 30.8 Å². The fourth-order valence-corrected chi connectivity index (χ4v) is 4.95. The first kappa shape index (κ1) is 17.2. The Labute approximate surface area is 146 Å². The SMILES string of the molecule is C[C@H](Cc1ccco1)NC(=O)CCCC[C@@H]1SC[C@@H]2NC(=O)N[C@@H]21. The van der Waals surface area contributed by atoms with E-state index in [2.05, 4.69) is 16.0 Å². The first-order valence-corrected chi connectivity index (χ1v) is 9.67. The van der Waals surface area contributed by atoms with Crippen LogP contribution in [0, 0.1) is 0 Å². The average molecular weight is 351 g/mol. The van der Waals surface area contributed by atoms with Gasteiger partial charge in [-0.2, -0.15) is 11.8 Å². The molecule has 132 valence electrons. The van der Waals surface area contributed by atoms with Crippen LogP contribution in [0.1, 0.15) is 38.4 Å². The minimum absolute atomic E-state index is 0.0415. The highest BCUT2D eigenvalue weighted by Gasteiger charge is 2.42. The number of carbonyl (C=O) groups is 2. The molecule has 2 fully saturated rings. The summed E-state index contributed by atoms with van der Waals surface area (Å²) in [5.41, 5.74) is 0. The fraction of sp³-hybridized carbons (Fsp3) is 0.647. The molecule has 7 heteroatoms. The summed E-state index contributed by atoms with van der Waals surface area (Å²) in [5, 5.41) is 9.44. The van der Waals surface area contributed by atoms with Crippen LogP contribution in [-0.4, -0.2) is 41.1 Å². The summed E-state index contributed by atoms with van der Waals surface area (Å²) < 4.78 is 5.29. The van der Waals surface area contributed by atoms with Crippen molar-refractivity contribution >= 4 is 23.7 Å². The maximum Gasteiger partial charge on any atom is 0.315 e. The third-order valence-corrected chi connectivity index (χ3v) is 6.08. The third kappa shape index (κ3) is 4.47. The summed E-state index contributed by atoms with van der Waals surface area (Å²) in [7, 11) is 0. The molecule has 0 bridgehead atoms. The molecule has 0 aromatic carbocycles. The van der Waals surface area contributed by atoms with Gasteiger partial charge in [0.15, 0.2) is 0 Å². The minimum Gasteiger partial charge on any atom is -0.469 e. The van der Waals surface area contributed by atoms with Gasteiger partial charge in [-0.3, -0.25) is 4.79 Å². The zero-order chi connectivity index (χ0) is 16.9. The first-order valence-electron chi connectivity index (χ1n) is 8.62. The maximum absolute atomic E-state index is 12.0. The smallest absolute Gasteiger partial charge is 0.315 e. The quantitative estimate of drug-likeness (QED) is 0.494. The van der Waals surface area contributed by atoms with Gasteiger partial charge in [-0.1, -0.05) is 6.42 Å². The molecule has 0 aliphatic carbocycles. The number of unbranched alkanes of at least 4 members (excludes halogenated alkanes) is 1. The molecule has 6 nitrogen and oxygen atoms in total. The Morgan fingerprint density at radius 1 is 1.46 bits per heavy atom. The summed E-state index contributed by atoms with van der Waals surface area (Å²) in [6, 6.07) is 4.35. The first-order chi connectivity index (χ1) is 11.6. The van der Waals surface area contributed by atoms with Crippen LogP contribution in [0.15, 0.2) is 22.8 Å². The van der Waals surface area contributed by atoms with Crippen LogP contribution in [0.2, 0.25) is 0 Å². The van der Waals surface area contributed by atoms with Crippen molar-refractivity contribution < 1.29 is 14.0 Å². The summed E-state index contributed by atoms with van der Waals surface area (Å²) in [5.74, 6) is 1.98. The molecule has 3 amide bonds. The van der Waals surface area contributed by atoms with Crippen molar-refractivity contribution in [3.8, 4) is 0 Å². The van der Waals surface area contributed by atoms with Gasteiger partial charge in [0.05, 0.1) is 18.3 Å². The summed E-state index contributed by atoms with van der Waals surface area (Å²) in [6.07, 6.45) is 5.86. The van der Waals surface area contributed by atoms with Crippen LogP contribution >= 0.6 is 11.8 Å². The molecule has 3 N–H and O–H groups in total. The second-order valence-corrected chi connectivity index (χ2v) is 7.89. The number of hydrogen-bond acceptors (Lipinski definition) is 4. The number of fused-ring (bicyclic) bond motifs is 1. The minimum atomic E-state index is -0.0415. The molecule has 3 rings (SSSR count). The molecule has 0 unspecified atom stereocenters. The van der Waals surface area contributed by atoms with E-state index in [-0.39, 0.29) is 30.1 Å². The van der Waals surface area contributed by atoms with Crippen molar-refractivity contribution in [3.05, 3.63) is 24.2 Å². The van der Waals surface area contributed by atoms with Crippen LogP contribution in [0.25, 0.3) is 0 Å². The summed E-state index contributed by atoms with van der Waals surface area (Å²) in [4.78, 5) is 23.3. The van der Waals surface area contributed by atoms with Crippen molar-refractivity contribution in [2.24, 2.45) is 0 Å². The number of hydrogen-bond donors (Lipinski definition) is 3. The van der Waals surface area contributed by atoms with Crippen molar-refractivity contribution in [1.29, 1.82) is 0 Å². The van der Waals surface area contributed by atoms with Gasteiger partial charge in [0, 0.05) is 29.9 Å². The van der Waals surface area contributed by atoms with Crippen molar-refractivity contribution in [2.45, 2.75) is 62.4 Å². The van der Waals surface area contributed by atoms with Gasteiger partial charge >= 0.3 is 6.03 Å². The number of urea groups is 1. The van der Waals surface area contributed by atoms with Crippen LogP contribution in [0.4, 0.5) is 4.79 Å². The van der Waals surface area contributed by atoms with Crippen LogP contribution in [0.3, 0.4) is 0 Å². The fourth-order valence-electron chi connectivity index (χ4n) is 3.40. The Bertz CT molecular complexity index is 563. The predicted molar refractivity (Wildman–Crippen MR) is 94.0 cm³/mol. The zero-order valence-corrected chi connectivity index (χ0v) is 14.7. The summed E-state index contributed by atoms with van der Waals surface area (Å²) >= 11 is 1.92. The molecule has 1 aromatic rings. The monoisotopic (exact) mass is 351 g/mol. The lowest BCUT2D eigenvalue weighted by atomic mass is 10.0. The molecule has 4 atom stereocenters. The van der Waals surface area contributed by atoms with Gasteiger partial charge in [-0.25, -0.2) is 4.79 Å². The topological polar surface area (TPSA) is 83.4 Å². The van der Waals surface area contributed by atoms with Crippen molar-refractivity contribution in [3.63, 3.8) is 0 Å². The second-order valence-electron chi connectivity index (χ2n) is 6.62. The number of thioether (sulfide) groups is 1. The number of amides is 3. The molecule has 0 spiro atoms. The van der Waals surface area contributed by atoms with E-state index >= 15 is 0 Å². The van der Waals surface area contributed by atoms with E-state index in [0.29, 0.717) is 18.1 Å². The number of carbonyl (C=O) groups excluding carboxylic acids is 2. The lowest BCUT2D eigenvalue weighted by molar-refractivity contribution is -0.121. The predicted octanol–water partition coefficient (Wildman–Crippen LogP) is 2.05. The standard InChI is InChI=1S/C17H25N3O3S/c1-11(9-12-5-4-8-23-12)18-15(21)7-3-2-6-14-16-13(10-24-14)19-17(22)20-16/h4-5,8,11,13-14,16H,2-3,6-7,9-10H2,1H3,(H,18,21)(H2,19,20,22)/t11-,13+,14+,16+/m1/s1. The van der Waals surface area contributed by atoms with E-state index in [9.17, 15) is 9.59 Å². The van der Waals surface area contributed by atoms with Crippen LogP contribution < -0.4 is 16.0 Å². The van der Waals surface area contributed by atoms with Gasteiger partial charge in [0.2, 0.25) is 5.91 Å². The Morgan fingerprint density at radius 3 is 3.12 bits per heavy atom. The molecule has 2 saturated heterocycles. The van der Waals surface area contributed by atoms with Gasteiger partial charge in [-0.05, 0) is 31.9 Å². The number of furan rings is 1. The highest BCUT2D eigenvalue weighted by Crippen LogP contribution is 2.33. The Morgan fingerprint density at radius 2 is 2.33 bits per heavy atom. The van der Waals surface area contributed by atoms with Gasteiger partial charge in [-0.15, -0.1) is 0 Å². The average Bonchev–Trinajstić information content (AvgIpc) is 3.22. The highest BCUT2D eigenvalue weighted by molar-refractivity contribution is 8.00. The molecule has 0 radical (unpaired) electrons. The molecule has 24 heavy (non-hydrogen) atoms. The van der Waals surface area contributed by atoms with Gasteiger partial charge in [0.25, 0.3) is 0 Å². The lowest BCUT2D eigenvalue weighted by Gasteiger charge is -2.16. The van der Waals surface area contributed by atoms with Crippen LogP contribution in [0.5, 0.6) is 0 Å². The van der Waals surface area contributed by atoms with E-state index in [1.807, 2.05) is 30.8 Å². The normalized spacial score (nSPS) is 26.5. The zero-order valence-electron chi connectivity index (χ0n) is 13.9. The Hall–Kier alpha value is -1.63. The van der Waals surface area contributed by atoms with E-state index in [4.69, 9.17) is 4.42 Å². The molecule has 2 aliphatic rings. The van der Waals surface area contributed by atoms with E-state index < -0.39 is 0 Å². The van der Waals surface area contributed by atoms with E-state index in [1.54, 1.807) is 6.26 Å². The number of nitrogens with one attached hydrogen (secondary N) is 3. The van der Waals surface area contributed by atoms with E-state index in [1.165, 1.54) is 0 Å². The number of rotatable bonds is 8. The molecule has 3 heterocycles. The molecular formula is C17H25N3O3S. The van der Waals surface area contributed by atoms with Gasteiger partial charge in [0.1, 0.15) is 5.76 Å². The van der Waals surface area contributed by atoms with Crippen LogP contribution in [-0.2, 0) is 11.2 Å². The molecular weight excluding hydrogens is 326 g/mol. The Kier molecular flexibility index (Phi) is 5.71.